The summed E-state index contributed by atoms with van der Waals surface area (Å²) in [5, 5.41) is 0. The predicted molar refractivity (Wildman–Crippen MR) is 53.8 cm³/mol. The lowest BCUT2D eigenvalue weighted by atomic mass is 9.97. The van der Waals surface area contributed by atoms with Gasteiger partial charge in [0.25, 0.3) is 0 Å². The van der Waals surface area contributed by atoms with E-state index < -0.39 is 11.8 Å². The third-order valence-electron chi connectivity index (χ3n) is 2.62. The number of carbonyl (C=O) groups is 1. The minimum atomic E-state index is -0.573. The van der Waals surface area contributed by atoms with E-state index in [4.69, 9.17) is 6.11 Å². The lowest BCUT2D eigenvalue weighted by molar-refractivity contribution is -0.147. The molecule has 1 unspecified atom stereocenters. The van der Waals surface area contributed by atoms with Crippen molar-refractivity contribution in [3.05, 3.63) is 35.9 Å². The molecule has 1 fully saturated rings. The first-order chi connectivity index (χ1) is 7.20. The predicted octanol–water partition coefficient (Wildman–Crippen LogP) is 2.18. The summed E-state index contributed by atoms with van der Waals surface area (Å²) in [4.78, 5) is 11.6. The van der Waals surface area contributed by atoms with Gasteiger partial charge in [0, 0.05) is 1.37 Å². The molecule has 0 aromatic heterocycles. The molecule has 1 atom stereocenters. The van der Waals surface area contributed by atoms with Gasteiger partial charge >= 0.3 is 5.97 Å². The number of esters is 1. The van der Waals surface area contributed by atoms with Crippen LogP contribution in [0.3, 0.4) is 0 Å². The van der Waals surface area contributed by atoms with Crippen LogP contribution in [0.25, 0.3) is 0 Å². The molecular weight excluding hydrogens is 176 g/mol. The Labute approximate surface area is 85.3 Å². The third kappa shape index (κ3) is 1.65. The normalized spacial score (nSPS) is 20.8. The summed E-state index contributed by atoms with van der Waals surface area (Å²) in [6.45, 7) is 0. The Kier molecular flexibility index (Phi) is 1.98. The van der Waals surface area contributed by atoms with Crippen molar-refractivity contribution >= 4 is 5.97 Å². The summed E-state index contributed by atoms with van der Waals surface area (Å²) in [6.07, 6.45) is 1.04. The maximum absolute atomic E-state index is 11.6. The highest BCUT2D eigenvalue weighted by Gasteiger charge is 2.50. The Balaban J connectivity index is 2.22. The van der Waals surface area contributed by atoms with E-state index >= 15 is 0 Å². The molecule has 1 aliphatic rings. The molecular formula is C12H14O2. The van der Waals surface area contributed by atoms with E-state index in [1.807, 2.05) is 30.3 Å². The lowest BCUT2D eigenvalue weighted by Gasteiger charge is -2.11. The zero-order chi connectivity index (χ0) is 10.9. The van der Waals surface area contributed by atoms with E-state index in [1.165, 1.54) is 7.11 Å². The van der Waals surface area contributed by atoms with E-state index in [2.05, 4.69) is 0 Å². The smallest absolute Gasteiger partial charge is 0.312 e. The van der Waals surface area contributed by atoms with Crippen molar-refractivity contribution in [2.45, 2.75) is 19.2 Å². The van der Waals surface area contributed by atoms with Crippen LogP contribution in [0.5, 0.6) is 0 Å². The monoisotopic (exact) mass is 191 g/mol. The molecule has 0 saturated heterocycles. The highest BCUT2D eigenvalue weighted by molar-refractivity contribution is 5.80. The molecule has 14 heavy (non-hydrogen) atoms. The second-order valence-corrected chi connectivity index (χ2v) is 3.70. The zero-order valence-electron chi connectivity index (χ0n) is 9.19. The quantitative estimate of drug-likeness (QED) is 0.684. The average Bonchev–Trinajstić information content (AvgIpc) is 3.09. The maximum atomic E-state index is 11.6. The Morgan fingerprint density at radius 2 is 2.14 bits per heavy atom. The zero-order valence-corrected chi connectivity index (χ0v) is 8.19. The van der Waals surface area contributed by atoms with Crippen molar-refractivity contribution in [3.8, 4) is 0 Å². The molecule has 0 heterocycles. The van der Waals surface area contributed by atoms with Gasteiger partial charge in [0.15, 0.2) is 0 Å². The van der Waals surface area contributed by atoms with Gasteiger partial charge in [-0.05, 0) is 24.8 Å². The van der Waals surface area contributed by atoms with Gasteiger partial charge in [-0.1, -0.05) is 30.3 Å². The third-order valence-corrected chi connectivity index (χ3v) is 2.62. The van der Waals surface area contributed by atoms with Gasteiger partial charge in [-0.25, -0.2) is 0 Å². The molecule has 2 nitrogen and oxygen atoms in total. The van der Waals surface area contributed by atoms with E-state index in [0.29, 0.717) is 0 Å². The van der Waals surface area contributed by atoms with Crippen LogP contribution in [0.4, 0.5) is 0 Å². The second-order valence-electron chi connectivity index (χ2n) is 3.70. The number of ether oxygens (including phenoxy) is 1. The number of hydrogen-bond donors (Lipinski definition) is 0. The van der Waals surface area contributed by atoms with Crippen molar-refractivity contribution < 1.29 is 10.9 Å². The van der Waals surface area contributed by atoms with Crippen LogP contribution >= 0.6 is 0 Å². The van der Waals surface area contributed by atoms with Crippen LogP contribution in [0, 0.1) is 5.41 Å². The summed E-state index contributed by atoms with van der Waals surface area (Å²) >= 11 is 0. The van der Waals surface area contributed by atoms with Gasteiger partial charge in [0.2, 0.25) is 0 Å². The van der Waals surface area contributed by atoms with Gasteiger partial charge in [0.05, 0.1) is 12.5 Å². The topological polar surface area (TPSA) is 26.3 Å². The summed E-state index contributed by atoms with van der Waals surface area (Å²) in [7, 11) is 1.39. The maximum Gasteiger partial charge on any atom is 0.312 e. The molecule has 0 radical (unpaired) electrons. The molecule has 1 aromatic carbocycles. The van der Waals surface area contributed by atoms with Crippen molar-refractivity contribution in [2.75, 3.05) is 7.11 Å². The second kappa shape index (κ2) is 3.45. The highest BCUT2D eigenvalue weighted by Crippen LogP contribution is 2.49. The average molecular weight is 191 g/mol. The first-order valence-electron chi connectivity index (χ1n) is 5.34. The standard InChI is InChI=1S/C12H14O2/c1-14-11(13)12(7-8-12)9-10-5-3-2-4-6-10/h2-6H,7-9H2,1H3/i9D. The van der Waals surface area contributed by atoms with Crippen molar-refractivity contribution in [1.82, 2.24) is 0 Å². The fourth-order valence-electron chi connectivity index (χ4n) is 1.61. The Morgan fingerprint density at radius 1 is 1.50 bits per heavy atom. The molecule has 1 aromatic rings. The lowest BCUT2D eigenvalue weighted by Crippen LogP contribution is -2.19. The molecule has 0 N–H and O–H groups in total. The van der Waals surface area contributed by atoms with Gasteiger partial charge in [0.1, 0.15) is 0 Å². The van der Waals surface area contributed by atoms with Crippen molar-refractivity contribution in [1.29, 1.82) is 0 Å². The van der Waals surface area contributed by atoms with Crippen LogP contribution in [0.1, 0.15) is 19.8 Å². The molecule has 2 rings (SSSR count). The Bertz CT molecular complexity index is 357. The first-order valence-corrected chi connectivity index (χ1v) is 4.76. The number of carbonyl (C=O) groups excluding carboxylic acids is 1. The van der Waals surface area contributed by atoms with Crippen LogP contribution in [-0.4, -0.2) is 13.1 Å². The van der Waals surface area contributed by atoms with Crippen LogP contribution < -0.4 is 0 Å². The summed E-state index contributed by atoms with van der Waals surface area (Å²) in [5.74, 6) is -0.244. The minimum Gasteiger partial charge on any atom is -0.469 e. The molecule has 1 saturated carbocycles. The number of benzene rings is 1. The SMILES string of the molecule is [2H]C(c1ccccc1)C1(C(=O)OC)CC1. The van der Waals surface area contributed by atoms with Gasteiger partial charge in [-0.3, -0.25) is 4.79 Å². The van der Waals surface area contributed by atoms with Crippen LogP contribution in [0.2, 0.25) is 0 Å². The van der Waals surface area contributed by atoms with E-state index in [1.54, 1.807) is 0 Å². The Hall–Kier alpha value is -1.31. The highest BCUT2D eigenvalue weighted by atomic mass is 16.5. The molecule has 0 spiro atoms. The van der Waals surface area contributed by atoms with Gasteiger partial charge < -0.3 is 4.74 Å². The molecule has 0 amide bonds. The molecule has 0 bridgehead atoms. The first kappa shape index (κ1) is 8.04. The largest absolute Gasteiger partial charge is 0.469 e. The fourth-order valence-corrected chi connectivity index (χ4v) is 1.61. The molecule has 2 heteroatoms. The van der Waals surface area contributed by atoms with Crippen LogP contribution in [0.15, 0.2) is 30.3 Å². The minimum absolute atomic E-state index is 0.244. The summed E-state index contributed by atoms with van der Waals surface area (Å²) < 4.78 is 12.9. The summed E-state index contributed by atoms with van der Waals surface area (Å²) in [6, 6.07) is 9.48. The fraction of sp³-hybridized carbons (Fsp3) is 0.417. The van der Waals surface area contributed by atoms with Gasteiger partial charge in [-0.15, -0.1) is 0 Å². The molecule has 0 aliphatic heterocycles. The van der Waals surface area contributed by atoms with Crippen molar-refractivity contribution in [2.24, 2.45) is 5.41 Å². The van der Waals surface area contributed by atoms with E-state index in [0.717, 1.165) is 18.4 Å². The number of hydrogen-bond acceptors (Lipinski definition) is 2. The number of methoxy groups -OCH3 is 1. The molecule has 1 aliphatic carbocycles. The van der Waals surface area contributed by atoms with E-state index in [-0.39, 0.29) is 5.97 Å². The van der Waals surface area contributed by atoms with Crippen LogP contribution in [-0.2, 0) is 15.9 Å². The van der Waals surface area contributed by atoms with Gasteiger partial charge in [-0.2, -0.15) is 0 Å². The molecule has 74 valence electrons. The van der Waals surface area contributed by atoms with Crippen molar-refractivity contribution in [3.63, 3.8) is 0 Å². The summed E-state index contributed by atoms with van der Waals surface area (Å²) in [5.41, 5.74) is 0.316. The van der Waals surface area contributed by atoms with E-state index in [9.17, 15) is 4.79 Å². The number of rotatable bonds is 3. The Morgan fingerprint density at radius 3 is 2.64 bits per heavy atom.